The molecule has 392 valence electrons. The van der Waals surface area contributed by atoms with E-state index in [1.165, 1.54) is 154 Å². The maximum absolute atomic E-state index is 2.38. The third-order valence-electron chi connectivity index (χ3n) is 17.2. The highest BCUT2D eigenvalue weighted by atomic mass is 15.0. The van der Waals surface area contributed by atoms with E-state index in [-0.39, 0.29) is 0 Å². The molecule has 0 aliphatic rings. The van der Waals surface area contributed by atoms with Crippen molar-refractivity contribution in [1.29, 1.82) is 0 Å². The lowest BCUT2D eigenvalue weighted by Gasteiger charge is -2.18. The fourth-order valence-electron chi connectivity index (χ4n) is 13.5. The van der Waals surface area contributed by atoms with Gasteiger partial charge in [0.2, 0.25) is 0 Å². The first-order chi connectivity index (χ1) is 41.7. The molecule has 0 radical (unpaired) electrons. The van der Waals surface area contributed by atoms with Crippen LogP contribution in [0.1, 0.15) is 0 Å². The van der Waals surface area contributed by atoms with Gasteiger partial charge in [-0.15, -0.1) is 0 Å². The summed E-state index contributed by atoms with van der Waals surface area (Å²) in [6.45, 7) is 0. The number of aromatic nitrogens is 2. The molecule has 0 saturated carbocycles. The number of hydrogen-bond acceptors (Lipinski definition) is 0. The first kappa shape index (κ1) is 48.8. The average molecular weight is 1070 g/mol. The second-order valence-corrected chi connectivity index (χ2v) is 21.8. The van der Waals surface area contributed by atoms with Gasteiger partial charge in [-0.3, -0.25) is 0 Å². The Bertz CT molecular complexity index is 5160. The molecular weight excluding hydrogens is 1010 g/mol. The molecule has 2 nitrogen and oxygen atoms in total. The minimum Gasteiger partial charge on any atom is -0.309 e. The molecule has 0 atom stereocenters. The van der Waals surface area contributed by atoms with Crippen LogP contribution in [0.3, 0.4) is 0 Å². The van der Waals surface area contributed by atoms with E-state index in [0.29, 0.717) is 0 Å². The number of fused-ring (bicyclic) bond motifs is 10. The van der Waals surface area contributed by atoms with Gasteiger partial charge in [0.1, 0.15) is 0 Å². The molecule has 17 rings (SSSR count). The molecule has 0 amide bonds. The third kappa shape index (κ3) is 8.10. The van der Waals surface area contributed by atoms with Crippen LogP contribution in [0.25, 0.3) is 154 Å². The molecule has 15 aromatic carbocycles. The molecule has 17 aromatic rings. The summed E-state index contributed by atoms with van der Waals surface area (Å²) >= 11 is 0. The van der Waals surface area contributed by atoms with E-state index >= 15 is 0 Å². The maximum Gasteiger partial charge on any atom is 0.0541 e. The van der Waals surface area contributed by atoms with Crippen LogP contribution < -0.4 is 0 Å². The van der Waals surface area contributed by atoms with Crippen LogP contribution >= 0.6 is 0 Å². The Kier molecular flexibility index (Phi) is 11.9. The van der Waals surface area contributed by atoms with Crippen LogP contribution in [-0.2, 0) is 0 Å². The Hall–Kier alpha value is -11.1. The van der Waals surface area contributed by atoms with Crippen LogP contribution in [0, 0.1) is 0 Å². The highest BCUT2D eigenvalue weighted by Gasteiger charge is 2.20. The minimum atomic E-state index is 1.17. The second-order valence-electron chi connectivity index (χ2n) is 21.8. The normalized spacial score (nSPS) is 11.6. The van der Waals surface area contributed by atoms with Gasteiger partial charge in [0.15, 0.2) is 0 Å². The molecule has 0 spiro atoms. The summed E-state index contributed by atoms with van der Waals surface area (Å²) in [4.78, 5) is 0. The van der Waals surface area contributed by atoms with E-state index in [9.17, 15) is 0 Å². The highest BCUT2D eigenvalue weighted by molar-refractivity contribution is 6.23. The van der Waals surface area contributed by atoms with Gasteiger partial charge in [-0.1, -0.05) is 273 Å². The fraction of sp³-hybridized carbons (Fsp3) is 0. The summed E-state index contributed by atoms with van der Waals surface area (Å²) in [7, 11) is 0. The van der Waals surface area contributed by atoms with Crippen LogP contribution in [0.4, 0.5) is 0 Å². The van der Waals surface area contributed by atoms with E-state index in [4.69, 9.17) is 0 Å². The molecule has 2 aromatic heterocycles. The Morgan fingerprint density at radius 2 is 0.381 bits per heavy atom. The van der Waals surface area contributed by atoms with Gasteiger partial charge in [0.05, 0.1) is 22.1 Å². The summed E-state index contributed by atoms with van der Waals surface area (Å²) in [6, 6.07) is 119. The maximum atomic E-state index is 2.38. The SMILES string of the molecule is c1ccc(-c2c3ccccc3c(-c3ccc(-c4ccc5c(c4)c4ccccc4n5-c4ccccc4)cc3)c3ccccc23)cc1.c1ccc(-c2c3ccccc3c(-c3ccc(-n4c5ccccc5c5ccccc54)cc3)c3ccccc23)cc1. The number of hydrogen-bond donors (Lipinski definition) is 0. The lowest BCUT2D eigenvalue weighted by atomic mass is 9.86. The molecule has 0 aliphatic heterocycles. The standard InChI is InChI=1S/C44H29N.C38H25N/c1-3-13-31(14-4-1)43-36-18-7-9-20-38(36)44(39-21-10-8-19-37(39)43)32-25-23-30(24-26-32)33-27-28-42-40(29-33)35-17-11-12-22-41(35)45(42)34-15-5-2-6-16-34;1-2-12-26(13-3-1)37-31-16-4-6-18-33(31)38(34-19-7-5-17-32(34)37)27-22-24-28(25-23-27)39-35-20-10-8-14-29(35)30-15-9-11-21-36(30)39/h1-29H;1-25H. The summed E-state index contributed by atoms with van der Waals surface area (Å²) in [5.41, 5.74) is 19.8. The zero-order valence-electron chi connectivity index (χ0n) is 46.1. The number of nitrogens with zero attached hydrogens (tertiary/aromatic N) is 2. The summed E-state index contributed by atoms with van der Waals surface area (Å²) in [5.74, 6) is 0. The van der Waals surface area contributed by atoms with Crippen LogP contribution in [0.15, 0.2) is 328 Å². The second kappa shape index (κ2) is 20.5. The van der Waals surface area contributed by atoms with Crippen molar-refractivity contribution in [2.75, 3.05) is 0 Å². The van der Waals surface area contributed by atoms with Crippen molar-refractivity contribution < 1.29 is 0 Å². The van der Waals surface area contributed by atoms with Crippen molar-refractivity contribution in [2.24, 2.45) is 0 Å². The average Bonchev–Trinajstić information content (AvgIpc) is 2.08. The lowest BCUT2D eigenvalue weighted by Crippen LogP contribution is -1.94. The van der Waals surface area contributed by atoms with E-state index < -0.39 is 0 Å². The largest absolute Gasteiger partial charge is 0.309 e. The van der Waals surface area contributed by atoms with Crippen molar-refractivity contribution in [2.45, 2.75) is 0 Å². The molecule has 84 heavy (non-hydrogen) atoms. The van der Waals surface area contributed by atoms with E-state index in [0.717, 1.165) is 0 Å². The summed E-state index contributed by atoms with van der Waals surface area (Å²) in [5, 5.41) is 15.3. The summed E-state index contributed by atoms with van der Waals surface area (Å²) in [6.07, 6.45) is 0. The van der Waals surface area contributed by atoms with Gasteiger partial charge >= 0.3 is 0 Å². The van der Waals surface area contributed by atoms with E-state index in [1.807, 2.05) is 0 Å². The Morgan fingerprint density at radius 1 is 0.143 bits per heavy atom. The molecule has 0 saturated heterocycles. The predicted molar refractivity (Wildman–Crippen MR) is 359 cm³/mol. The van der Waals surface area contributed by atoms with Crippen molar-refractivity contribution in [3.8, 4) is 67.0 Å². The number of para-hydroxylation sites is 4. The van der Waals surface area contributed by atoms with Crippen molar-refractivity contribution in [3.63, 3.8) is 0 Å². The first-order valence-electron chi connectivity index (χ1n) is 29.0. The minimum absolute atomic E-state index is 1.17. The molecule has 0 N–H and O–H groups in total. The smallest absolute Gasteiger partial charge is 0.0541 e. The first-order valence-corrected chi connectivity index (χ1v) is 29.0. The zero-order valence-corrected chi connectivity index (χ0v) is 46.1. The van der Waals surface area contributed by atoms with Crippen LogP contribution in [-0.4, -0.2) is 9.13 Å². The third-order valence-corrected chi connectivity index (χ3v) is 17.2. The molecule has 0 fully saturated rings. The van der Waals surface area contributed by atoms with Crippen LogP contribution in [0.5, 0.6) is 0 Å². The highest BCUT2D eigenvalue weighted by Crippen LogP contribution is 2.46. The monoisotopic (exact) mass is 1070 g/mol. The molecule has 2 heteroatoms. The van der Waals surface area contributed by atoms with Gasteiger partial charge in [0, 0.05) is 32.9 Å². The summed E-state index contributed by atoms with van der Waals surface area (Å²) < 4.78 is 4.75. The van der Waals surface area contributed by atoms with Crippen LogP contribution in [0.2, 0.25) is 0 Å². The number of benzene rings is 15. The molecule has 0 aliphatic carbocycles. The molecule has 0 bridgehead atoms. The topological polar surface area (TPSA) is 9.86 Å². The van der Waals surface area contributed by atoms with E-state index in [2.05, 4.69) is 337 Å². The molecular formula is C82H54N2. The molecule has 0 unspecified atom stereocenters. The number of rotatable bonds is 7. The Morgan fingerprint density at radius 3 is 0.750 bits per heavy atom. The lowest BCUT2D eigenvalue weighted by molar-refractivity contribution is 1.18. The Labute approximate surface area is 487 Å². The molecule has 2 heterocycles. The Balaban J connectivity index is 0.000000139. The van der Waals surface area contributed by atoms with Gasteiger partial charge in [0.25, 0.3) is 0 Å². The van der Waals surface area contributed by atoms with Gasteiger partial charge in [-0.25, -0.2) is 0 Å². The zero-order chi connectivity index (χ0) is 55.5. The van der Waals surface area contributed by atoms with Crippen molar-refractivity contribution in [3.05, 3.63) is 328 Å². The van der Waals surface area contributed by atoms with Gasteiger partial charge < -0.3 is 9.13 Å². The van der Waals surface area contributed by atoms with Crippen molar-refractivity contribution in [1.82, 2.24) is 9.13 Å². The quantitative estimate of drug-likeness (QED) is 0.141. The van der Waals surface area contributed by atoms with E-state index in [1.54, 1.807) is 0 Å². The fourth-order valence-corrected chi connectivity index (χ4v) is 13.5. The van der Waals surface area contributed by atoms with Crippen molar-refractivity contribution >= 4 is 86.7 Å². The predicted octanol–water partition coefficient (Wildman–Crippen LogP) is 22.5. The van der Waals surface area contributed by atoms with Gasteiger partial charge in [-0.05, 0) is 153 Å². The van der Waals surface area contributed by atoms with Gasteiger partial charge in [-0.2, -0.15) is 0 Å².